The standard InChI is InChI=1S/C19H29N3O2/c1-15(21-11-9-20(2)10-12-21)19(24)22(13-16-3-4-16)14-17-5-7-18(23)8-6-17/h5-8,15-16,23H,3-4,9-14H2,1-2H3/t15-/m1/s1. The molecule has 0 bridgehead atoms. The summed E-state index contributed by atoms with van der Waals surface area (Å²) in [6.07, 6.45) is 2.48. The Labute approximate surface area is 144 Å². The SMILES string of the molecule is C[C@H](C(=O)N(Cc1ccc(O)cc1)CC1CC1)N1CCN(C)CC1. The molecule has 1 atom stereocenters. The molecule has 1 aromatic rings. The van der Waals surface area contributed by atoms with Gasteiger partial charge in [-0.3, -0.25) is 9.69 Å². The molecule has 1 N–H and O–H groups in total. The quantitative estimate of drug-likeness (QED) is 0.863. The highest BCUT2D eigenvalue weighted by Gasteiger charge is 2.32. The first-order valence-electron chi connectivity index (χ1n) is 9.02. The van der Waals surface area contributed by atoms with E-state index in [0.29, 0.717) is 12.5 Å². The molecule has 0 unspecified atom stereocenters. The Hall–Kier alpha value is -1.59. The summed E-state index contributed by atoms with van der Waals surface area (Å²) in [7, 11) is 2.13. The van der Waals surface area contributed by atoms with Crippen molar-refractivity contribution < 1.29 is 9.90 Å². The Morgan fingerprint density at radius 2 is 1.83 bits per heavy atom. The van der Waals surface area contributed by atoms with Crippen LogP contribution in [0.1, 0.15) is 25.3 Å². The van der Waals surface area contributed by atoms with E-state index in [0.717, 1.165) is 38.3 Å². The molecule has 24 heavy (non-hydrogen) atoms. The molecule has 1 aliphatic heterocycles. The summed E-state index contributed by atoms with van der Waals surface area (Å²) in [6.45, 7) is 7.51. The fraction of sp³-hybridized carbons (Fsp3) is 0.632. The van der Waals surface area contributed by atoms with Crippen molar-refractivity contribution in [2.24, 2.45) is 5.92 Å². The third-order valence-corrected chi connectivity index (χ3v) is 5.24. The van der Waals surface area contributed by atoms with Crippen LogP contribution in [0.5, 0.6) is 5.75 Å². The van der Waals surface area contributed by atoms with Crippen LogP contribution in [0.2, 0.25) is 0 Å². The Morgan fingerprint density at radius 3 is 2.42 bits per heavy atom. The van der Waals surface area contributed by atoms with Gasteiger partial charge in [0.25, 0.3) is 0 Å². The molecule has 1 aliphatic carbocycles. The molecule has 1 aromatic carbocycles. The van der Waals surface area contributed by atoms with Gasteiger partial charge in [-0.2, -0.15) is 0 Å². The second-order valence-electron chi connectivity index (χ2n) is 7.34. The molecule has 0 radical (unpaired) electrons. The van der Waals surface area contributed by atoms with E-state index in [1.807, 2.05) is 24.0 Å². The molecule has 1 heterocycles. The van der Waals surface area contributed by atoms with Crippen molar-refractivity contribution in [2.45, 2.75) is 32.4 Å². The monoisotopic (exact) mass is 331 g/mol. The van der Waals surface area contributed by atoms with Crippen LogP contribution in [-0.2, 0) is 11.3 Å². The number of hydrogen-bond acceptors (Lipinski definition) is 4. The lowest BCUT2D eigenvalue weighted by atomic mass is 10.1. The Bertz CT molecular complexity index is 548. The summed E-state index contributed by atoms with van der Waals surface area (Å²) in [6, 6.07) is 7.14. The van der Waals surface area contributed by atoms with Gasteiger partial charge in [-0.25, -0.2) is 0 Å². The van der Waals surface area contributed by atoms with Crippen LogP contribution < -0.4 is 0 Å². The number of phenols is 1. The van der Waals surface area contributed by atoms with Crippen LogP contribution >= 0.6 is 0 Å². The normalized spacial score (nSPS) is 20.8. The van der Waals surface area contributed by atoms with Gasteiger partial charge in [-0.15, -0.1) is 0 Å². The van der Waals surface area contributed by atoms with Gasteiger partial charge in [0.2, 0.25) is 5.91 Å². The van der Waals surface area contributed by atoms with E-state index in [1.165, 1.54) is 12.8 Å². The van der Waals surface area contributed by atoms with Crippen LogP contribution in [0.25, 0.3) is 0 Å². The molecule has 3 rings (SSSR count). The van der Waals surface area contributed by atoms with Gasteiger partial charge in [0.15, 0.2) is 0 Å². The van der Waals surface area contributed by atoms with Crippen molar-refractivity contribution in [1.82, 2.24) is 14.7 Å². The van der Waals surface area contributed by atoms with Crippen LogP contribution in [0.3, 0.4) is 0 Å². The first-order valence-corrected chi connectivity index (χ1v) is 9.02. The molecule has 0 aromatic heterocycles. The highest BCUT2D eigenvalue weighted by Crippen LogP contribution is 2.30. The van der Waals surface area contributed by atoms with Crippen LogP contribution in [0, 0.1) is 5.92 Å². The van der Waals surface area contributed by atoms with E-state index in [9.17, 15) is 9.90 Å². The summed E-state index contributed by atoms with van der Waals surface area (Å²) in [5.74, 6) is 1.18. The van der Waals surface area contributed by atoms with Crippen molar-refractivity contribution in [3.8, 4) is 5.75 Å². The van der Waals surface area contributed by atoms with Gasteiger partial charge in [0.1, 0.15) is 5.75 Å². The van der Waals surface area contributed by atoms with Crippen LogP contribution in [0.15, 0.2) is 24.3 Å². The summed E-state index contributed by atoms with van der Waals surface area (Å²) in [4.78, 5) is 19.7. The van der Waals surface area contributed by atoms with Gasteiger partial charge in [0, 0.05) is 39.3 Å². The summed E-state index contributed by atoms with van der Waals surface area (Å²) in [5.41, 5.74) is 1.08. The summed E-state index contributed by atoms with van der Waals surface area (Å²) in [5, 5.41) is 9.44. The highest BCUT2D eigenvalue weighted by molar-refractivity contribution is 5.81. The minimum Gasteiger partial charge on any atom is -0.508 e. The molecule has 0 spiro atoms. The fourth-order valence-corrected chi connectivity index (χ4v) is 3.30. The van der Waals surface area contributed by atoms with Crippen LogP contribution in [0.4, 0.5) is 0 Å². The number of likely N-dealkylation sites (N-methyl/N-ethyl adjacent to an activating group) is 1. The molecule has 2 fully saturated rings. The third-order valence-electron chi connectivity index (χ3n) is 5.24. The lowest BCUT2D eigenvalue weighted by Gasteiger charge is -2.37. The number of carbonyl (C=O) groups is 1. The van der Waals surface area contributed by atoms with Gasteiger partial charge >= 0.3 is 0 Å². The maximum atomic E-state index is 13.1. The number of piperazine rings is 1. The number of nitrogens with zero attached hydrogens (tertiary/aromatic N) is 3. The molecule has 5 nitrogen and oxygen atoms in total. The second kappa shape index (κ2) is 7.53. The Kier molecular flexibility index (Phi) is 5.41. The van der Waals surface area contributed by atoms with Gasteiger partial charge in [-0.1, -0.05) is 12.1 Å². The highest BCUT2D eigenvalue weighted by atomic mass is 16.3. The minimum absolute atomic E-state index is 0.0606. The number of aromatic hydroxyl groups is 1. The number of rotatable bonds is 6. The maximum absolute atomic E-state index is 13.1. The lowest BCUT2D eigenvalue weighted by molar-refractivity contribution is -0.138. The molecule has 1 saturated carbocycles. The Morgan fingerprint density at radius 1 is 1.21 bits per heavy atom. The van der Waals surface area contributed by atoms with Crippen molar-refractivity contribution in [3.05, 3.63) is 29.8 Å². The zero-order valence-corrected chi connectivity index (χ0v) is 14.8. The zero-order valence-electron chi connectivity index (χ0n) is 14.8. The van der Waals surface area contributed by atoms with Gasteiger partial charge in [-0.05, 0) is 50.4 Å². The lowest BCUT2D eigenvalue weighted by Crippen LogP contribution is -2.53. The van der Waals surface area contributed by atoms with E-state index in [-0.39, 0.29) is 17.7 Å². The van der Waals surface area contributed by atoms with E-state index < -0.39 is 0 Å². The molecule has 1 saturated heterocycles. The zero-order chi connectivity index (χ0) is 17.1. The molecular weight excluding hydrogens is 302 g/mol. The average molecular weight is 331 g/mol. The van der Waals surface area contributed by atoms with Crippen molar-refractivity contribution >= 4 is 5.91 Å². The number of amides is 1. The predicted molar refractivity (Wildman–Crippen MR) is 94.8 cm³/mol. The van der Waals surface area contributed by atoms with E-state index in [2.05, 4.69) is 16.8 Å². The first-order chi connectivity index (χ1) is 11.5. The Balaban J connectivity index is 1.65. The number of phenolic OH excluding ortho intramolecular Hbond substituents is 1. The number of hydrogen-bond donors (Lipinski definition) is 1. The van der Waals surface area contributed by atoms with Gasteiger partial charge < -0.3 is 14.9 Å². The molecule has 2 aliphatic rings. The molecule has 1 amide bonds. The van der Waals surface area contributed by atoms with Gasteiger partial charge in [0.05, 0.1) is 6.04 Å². The predicted octanol–water partition coefficient (Wildman–Crippen LogP) is 1.77. The summed E-state index contributed by atoms with van der Waals surface area (Å²) < 4.78 is 0. The second-order valence-corrected chi connectivity index (χ2v) is 7.34. The number of carbonyl (C=O) groups excluding carboxylic acids is 1. The number of benzene rings is 1. The molecule has 5 heteroatoms. The first kappa shape index (κ1) is 17.2. The summed E-state index contributed by atoms with van der Waals surface area (Å²) >= 11 is 0. The molecule has 132 valence electrons. The average Bonchev–Trinajstić information content (AvgIpc) is 3.40. The largest absolute Gasteiger partial charge is 0.508 e. The van der Waals surface area contributed by atoms with Crippen molar-refractivity contribution in [1.29, 1.82) is 0 Å². The van der Waals surface area contributed by atoms with E-state index in [4.69, 9.17) is 0 Å². The van der Waals surface area contributed by atoms with E-state index >= 15 is 0 Å². The maximum Gasteiger partial charge on any atom is 0.239 e. The van der Waals surface area contributed by atoms with Crippen molar-refractivity contribution in [3.63, 3.8) is 0 Å². The fourth-order valence-electron chi connectivity index (χ4n) is 3.30. The van der Waals surface area contributed by atoms with Crippen LogP contribution in [-0.4, -0.2) is 71.5 Å². The third kappa shape index (κ3) is 4.48. The topological polar surface area (TPSA) is 47.0 Å². The van der Waals surface area contributed by atoms with E-state index in [1.54, 1.807) is 12.1 Å². The smallest absolute Gasteiger partial charge is 0.239 e. The van der Waals surface area contributed by atoms with Crippen molar-refractivity contribution in [2.75, 3.05) is 39.8 Å². The molecular formula is C19H29N3O2. The minimum atomic E-state index is -0.0606.